The molecule has 3 heterocycles. The predicted octanol–water partition coefficient (Wildman–Crippen LogP) is 2.59. The van der Waals surface area contributed by atoms with Gasteiger partial charge in [0.1, 0.15) is 12.1 Å². The number of hydrogen-bond acceptors (Lipinski definition) is 5. The van der Waals surface area contributed by atoms with Gasteiger partial charge in [-0.3, -0.25) is 4.98 Å². The Morgan fingerprint density at radius 2 is 1.85 bits per heavy atom. The molecule has 0 bridgehead atoms. The van der Waals surface area contributed by atoms with Crippen LogP contribution >= 0.6 is 0 Å². The molecule has 0 amide bonds. The summed E-state index contributed by atoms with van der Waals surface area (Å²) >= 11 is 0. The summed E-state index contributed by atoms with van der Waals surface area (Å²) in [5.74, 6) is 0.800. The first kappa shape index (κ1) is 12.5. The Morgan fingerprint density at radius 1 is 1.00 bits per heavy atom. The fraction of sp³-hybridized carbons (Fsp3) is 0.200. The quantitative estimate of drug-likeness (QED) is 0.785. The van der Waals surface area contributed by atoms with Crippen LogP contribution in [-0.4, -0.2) is 19.9 Å². The molecule has 0 saturated heterocycles. The number of pyridine rings is 2. The highest BCUT2D eigenvalue weighted by molar-refractivity contribution is 5.85. The molecule has 0 spiro atoms. The highest BCUT2D eigenvalue weighted by Gasteiger charge is 2.05. The summed E-state index contributed by atoms with van der Waals surface area (Å²) in [5, 5.41) is 4.28. The average molecular weight is 265 g/mol. The molecule has 3 aromatic heterocycles. The number of nitrogens with zero attached hydrogens (tertiary/aromatic N) is 4. The van der Waals surface area contributed by atoms with Crippen LogP contribution in [0.15, 0.2) is 43.0 Å². The number of aromatic nitrogens is 4. The normalized spacial score (nSPS) is 10.7. The Balaban J connectivity index is 1.87. The second-order valence-corrected chi connectivity index (χ2v) is 4.41. The first-order chi connectivity index (χ1) is 9.88. The summed E-state index contributed by atoms with van der Waals surface area (Å²) in [5.41, 5.74) is 2.99. The third-order valence-corrected chi connectivity index (χ3v) is 3.17. The topological polar surface area (TPSA) is 63.6 Å². The van der Waals surface area contributed by atoms with Crippen LogP contribution < -0.4 is 5.32 Å². The van der Waals surface area contributed by atoms with Gasteiger partial charge in [0.15, 0.2) is 5.65 Å². The molecule has 3 rings (SSSR count). The van der Waals surface area contributed by atoms with Crippen molar-refractivity contribution in [2.45, 2.75) is 19.9 Å². The molecule has 0 aliphatic carbocycles. The van der Waals surface area contributed by atoms with Gasteiger partial charge < -0.3 is 5.32 Å². The van der Waals surface area contributed by atoms with E-state index >= 15 is 0 Å². The zero-order valence-corrected chi connectivity index (χ0v) is 11.2. The Kier molecular flexibility index (Phi) is 3.50. The van der Waals surface area contributed by atoms with Gasteiger partial charge >= 0.3 is 0 Å². The van der Waals surface area contributed by atoms with E-state index in [9.17, 15) is 0 Å². The molecule has 0 atom stereocenters. The molecule has 3 aromatic rings. The lowest BCUT2D eigenvalue weighted by molar-refractivity contribution is 0.964. The smallest absolute Gasteiger partial charge is 0.164 e. The zero-order valence-electron chi connectivity index (χ0n) is 11.2. The monoisotopic (exact) mass is 265 g/mol. The van der Waals surface area contributed by atoms with Crippen LogP contribution in [0.5, 0.6) is 0 Å². The Morgan fingerprint density at radius 3 is 2.75 bits per heavy atom. The molecule has 0 aliphatic heterocycles. The first-order valence-corrected chi connectivity index (χ1v) is 6.61. The minimum absolute atomic E-state index is 0.692. The van der Waals surface area contributed by atoms with E-state index in [0.29, 0.717) is 12.2 Å². The van der Waals surface area contributed by atoms with Gasteiger partial charge in [0, 0.05) is 24.6 Å². The molecule has 1 N–H and O–H groups in total. The maximum absolute atomic E-state index is 4.39. The summed E-state index contributed by atoms with van der Waals surface area (Å²) in [7, 11) is 0. The SMILES string of the molecule is CCc1ncccc1CNc1ncnc2ncccc12. The van der Waals surface area contributed by atoms with Gasteiger partial charge in [-0.1, -0.05) is 13.0 Å². The minimum atomic E-state index is 0.692. The maximum atomic E-state index is 4.39. The van der Waals surface area contributed by atoms with Gasteiger partial charge in [-0.05, 0) is 30.2 Å². The Labute approximate surface area is 117 Å². The fourth-order valence-corrected chi connectivity index (χ4v) is 2.17. The van der Waals surface area contributed by atoms with Crippen LogP contribution in [0.25, 0.3) is 11.0 Å². The second-order valence-electron chi connectivity index (χ2n) is 4.41. The van der Waals surface area contributed by atoms with Crippen LogP contribution in [0.1, 0.15) is 18.2 Å². The van der Waals surface area contributed by atoms with E-state index in [1.165, 1.54) is 11.9 Å². The number of anilines is 1. The second kappa shape index (κ2) is 5.61. The molecule has 0 aliphatic rings. The highest BCUT2D eigenvalue weighted by Crippen LogP contribution is 2.17. The first-order valence-electron chi connectivity index (χ1n) is 6.61. The number of rotatable bonds is 4. The van der Waals surface area contributed by atoms with Gasteiger partial charge in [-0.25, -0.2) is 15.0 Å². The average Bonchev–Trinajstić information content (AvgIpc) is 2.53. The number of hydrogen-bond donors (Lipinski definition) is 1. The van der Waals surface area contributed by atoms with Crippen molar-refractivity contribution in [3.05, 3.63) is 54.2 Å². The van der Waals surface area contributed by atoms with Gasteiger partial charge in [0.2, 0.25) is 0 Å². The van der Waals surface area contributed by atoms with Gasteiger partial charge in [0.05, 0.1) is 5.39 Å². The zero-order chi connectivity index (χ0) is 13.8. The van der Waals surface area contributed by atoms with Crippen molar-refractivity contribution in [1.29, 1.82) is 0 Å². The number of aryl methyl sites for hydroxylation is 1. The van der Waals surface area contributed by atoms with Crippen molar-refractivity contribution in [2.24, 2.45) is 0 Å². The maximum Gasteiger partial charge on any atom is 0.164 e. The van der Waals surface area contributed by atoms with Gasteiger partial charge in [0.25, 0.3) is 0 Å². The van der Waals surface area contributed by atoms with Crippen molar-refractivity contribution >= 4 is 16.9 Å². The third kappa shape index (κ3) is 2.42. The third-order valence-electron chi connectivity index (χ3n) is 3.17. The molecule has 5 nitrogen and oxygen atoms in total. The summed E-state index contributed by atoms with van der Waals surface area (Å²) in [6, 6.07) is 7.89. The number of nitrogens with one attached hydrogen (secondary N) is 1. The van der Waals surface area contributed by atoms with E-state index in [0.717, 1.165) is 23.3 Å². The van der Waals surface area contributed by atoms with Crippen LogP contribution in [0.2, 0.25) is 0 Å². The molecule has 100 valence electrons. The fourth-order valence-electron chi connectivity index (χ4n) is 2.17. The minimum Gasteiger partial charge on any atom is -0.365 e. The lowest BCUT2D eigenvalue weighted by Gasteiger charge is -2.10. The molecule has 0 saturated carbocycles. The van der Waals surface area contributed by atoms with E-state index in [4.69, 9.17) is 0 Å². The van der Waals surface area contributed by atoms with E-state index in [-0.39, 0.29) is 0 Å². The van der Waals surface area contributed by atoms with E-state index in [1.807, 2.05) is 24.4 Å². The van der Waals surface area contributed by atoms with Crippen molar-refractivity contribution in [3.8, 4) is 0 Å². The predicted molar refractivity (Wildman–Crippen MR) is 78.3 cm³/mol. The molecular weight excluding hydrogens is 250 g/mol. The van der Waals surface area contributed by atoms with Gasteiger partial charge in [-0.15, -0.1) is 0 Å². The summed E-state index contributed by atoms with van der Waals surface area (Å²) in [6.07, 6.45) is 6.01. The van der Waals surface area contributed by atoms with Crippen molar-refractivity contribution in [2.75, 3.05) is 5.32 Å². The van der Waals surface area contributed by atoms with E-state index in [1.54, 1.807) is 6.20 Å². The Bertz CT molecular complexity index is 721. The molecule has 0 radical (unpaired) electrons. The summed E-state index contributed by atoms with van der Waals surface area (Å²) in [6.45, 7) is 2.80. The number of fused-ring (bicyclic) bond motifs is 1. The van der Waals surface area contributed by atoms with Crippen LogP contribution in [0.3, 0.4) is 0 Å². The summed E-state index contributed by atoms with van der Waals surface area (Å²) in [4.78, 5) is 17.1. The molecule has 0 fully saturated rings. The molecule has 0 unspecified atom stereocenters. The van der Waals surface area contributed by atoms with Gasteiger partial charge in [-0.2, -0.15) is 0 Å². The Hall–Kier alpha value is -2.56. The van der Waals surface area contributed by atoms with E-state index in [2.05, 4.69) is 38.2 Å². The molecular formula is C15H15N5. The lowest BCUT2D eigenvalue weighted by Crippen LogP contribution is -2.06. The largest absolute Gasteiger partial charge is 0.365 e. The molecule has 0 aromatic carbocycles. The van der Waals surface area contributed by atoms with E-state index < -0.39 is 0 Å². The molecule has 20 heavy (non-hydrogen) atoms. The van der Waals surface area contributed by atoms with Crippen molar-refractivity contribution < 1.29 is 0 Å². The standard InChI is InChI=1S/C15H15N5/c1-2-13-11(5-3-7-16-13)9-18-15-12-6-4-8-17-14(12)19-10-20-15/h3-8,10H,2,9H2,1H3,(H,17,18,19,20). The van der Waals surface area contributed by atoms with Crippen LogP contribution in [0, 0.1) is 0 Å². The highest BCUT2D eigenvalue weighted by atomic mass is 15.0. The van der Waals surface area contributed by atoms with Crippen LogP contribution in [-0.2, 0) is 13.0 Å². The van der Waals surface area contributed by atoms with Crippen LogP contribution in [0.4, 0.5) is 5.82 Å². The summed E-state index contributed by atoms with van der Waals surface area (Å²) < 4.78 is 0. The molecule has 5 heteroatoms. The lowest BCUT2D eigenvalue weighted by atomic mass is 10.1. The van der Waals surface area contributed by atoms with Crippen molar-refractivity contribution in [3.63, 3.8) is 0 Å². The van der Waals surface area contributed by atoms with Crippen molar-refractivity contribution in [1.82, 2.24) is 19.9 Å².